The minimum atomic E-state index is -0.453. The molecule has 0 atom stereocenters. The molecule has 0 aliphatic carbocycles. The summed E-state index contributed by atoms with van der Waals surface area (Å²) in [6.07, 6.45) is 0. The Balaban J connectivity index is 2.35. The molecule has 0 radical (unpaired) electrons. The number of rotatable bonds is 1. The van der Waals surface area contributed by atoms with Crippen LogP contribution in [-0.4, -0.2) is 9.55 Å². The van der Waals surface area contributed by atoms with Crippen LogP contribution in [0.3, 0.4) is 0 Å². The molecule has 0 spiro atoms. The number of aromatic nitrogens is 2. The molecule has 3 aromatic rings. The van der Waals surface area contributed by atoms with Crippen LogP contribution in [0.25, 0.3) is 16.7 Å². The summed E-state index contributed by atoms with van der Waals surface area (Å²) >= 11 is 11.1. The van der Waals surface area contributed by atoms with Crippen molar-refractivity contribution in [1.29, 1.82) is 0 Å². The summed E-state index contributed by atoms with van der Waals surface area (Å²) in [6, 6.07) is 8.99. The van der Waals surface area contributed by atoms with E-state index in [1.165, 1.54) is 11.6 Å². The summed E-state index contributed by atoms with van der Waals surface area (Å²) in [7, 11) is 0. The molecule has 102 valence electrons. The Bertz CT molecular complexity index is 879. The van der Waals surface area contributed by atoms with Crippen molar-refractivity contribution >= 4 is 34.9 Å². The van der Waals surface area contributed by atoms with Crippen LogP contribution in [0.15, 0.2) is 30.3 Å². The van der Waals surface area contributed by atoms with E-state index in [1.54, 1.807) is 6.07 Å². The van der Waals surface area contributed by atoms with Gasteiger partial charge in [0.25, 0.3) is 0 Å². The lowest BCUT2D eigenvalue weighted by molar-refractivity contribution is 0.629. The number of imidazole rings is 1. The second-order valence-corrected chi connectivity index (χ2v) is 5.61. The number of fused-ring (bicyclic) bond motifs is 1. The number of aryl methyl sites for hydroxylation is 2. The molecule has 0 saturated heterocycles. The lowest BCUT2D eigenvalue weighted by atomic mass is 10.1. The maximum absolute atomic E-state index is 13.7. The zero-order valence-corrected chi connectivity index (χ0v) is 12.6. The van der Waals surface area contributed by atoms with Crippen molar-refractivity contribution in [2.45, 2.75) is 13.8 Å². The first-order chi connectivity index (χ1) is 9.47. The third kappa shape index (κ3) is 2.05. The maximum Gasteiger partial charge on any atom is 0.182 e. The van der Waals surface area contributed by atoms with E-state index in [1.807, 2.05) is 36.6 Å². The normalized spacial score (nSPS) is 11.2. The molecule has 0 saturated carbocycles. The van der Waals surface area contributed by atoms with E-state index in [4.69, 9.17) is 23.8 Å². The smallest absolute Gasteiger partial charge is 0.182 e. The quantitative estimate of drug-likeness (QED) is 0.620. The molecule has 2 aromatic carbocycles. The molecule has 2 nitrogen and oxygen atoms in total. The molecule has 0 bridgehead atoms. The highest BCUT2D eigenvalue weighted by atomic mass is 35.5. The highest BCUT2D eigenvalue weighted by Gasteiger charge is 2.11. The zero-order chi connectivity index (χ0) is 14.4. The number of aromatic amines is 1. The number of hydrogen-bond acceptors (Lipinski definition) is 1. The summed E-state index contributed by atoms with van der Waals surface area (Å²) < 4.78 is 16.0. The fourth-order valence-corrected chi connectivity index (χ4v) is 2.70. The lowest BCUT2D eigenvalue weighted by Crippen LogP contribution is -1.96. The van der Waals surface area contributed by atoms with Gasteiger partial charge in [0.15, 0.2) is 4.77 Å². The van der Waals surface area contributed by atoms with Crippen molar-refractivity contribution in [2.75, 3.05) is 0 Å². The summed E-state index contributed by atoms with van der Waals surface area (Å²) in [5, 5.41) is 0.0842. The molecule has 0 unspecified atom stereocenters. The second kappa shape index (κ2) is 4.72. The van der Waals surface area contributed by atoms with Crippen molar-refractivity contribution in [2.24, 2.45) is 0 Å². The van der Waals surface area contributed by atoms with Crippen molar-refractivity contribution in [3.63, 3.8) is 0 Å². The van der Waals surface area contributed by atoms with E-state index in [-0.39, 0.29) is 5.02 Å². The Kier molecular flexibility index (Phi) is 3.15. The molecule has 0 fully saturated rings. The summed E-state index contributed by atoms with van der Waals surface area (Å²) in [5.41, 5.74) is 4.67. The third-order valence-electron chi connectivity index (χ3n) is 3.47. The van der Waals surface area contributed by atoms with Crippen LogP contribution in [0.1, 0.15) is 11.1 Å². The molecular formula is C15H12ClFN2S. The van der Waals surface area contributed by atoms with Gasteiger partial charge in [0.2, 0.25) is 0 Å². The number of hydrogen-bond donors (Lipinski definition) is 1. The van der Waals surface area contributed by atoms with E-state index in [0.717, 1.165) is 16.8 Å². The van der Waals surface area contributed by atoms with Gasteiger partial charge in [0, 0.05) is 11.8 Å². The van der Waals surface area contributed by atoms with Gasteiger partial charge < -0.3 is 4.98 Å². The first kappa shape index (κ1) is 13.3. The van der Waals surface area contributed by atoms with E-state index in [2.05, 4.69) is 4.98 Å². The van der Waals surface area contributed by atoms with Crippen LogP contribution in [0.5, 0.6) is 0 Å². The molecule has 3 rings (SSSR count). The number of H-pyrrole nitrogens is 1. The maximum atomic E-state index is 13.7. The van der Waals surface area contributed by atoms with Crippen LogP contribution in [0, 0.1) is 24.4 Å². The largest absolute Gasteiger partial charge is 0.330 e. The highest BCUT2D eigenvalue weighted by molar-refractivity contribution is 7.71. The Labute approximate surface area is 125 Å². The Morgan fingerprint density at radius 3 is 2.60 bits per heavy atom. The molecule has 1 aromatic heterocycles. The fraction of sp³-hybridized carbons (Fsp3) is 0.133. The molecule has 1 N–H and O–H groups in total. The van der Waals surface area contributed by atoms with Gasteiger partial charge in [-0.3, -0.25) is 4.57 Å². The van der Waals surface area contributed by atoms with Crippen LogP contribution in [0.2, 0.25) is 5.02 Å². The topological polar surface area (TPSA) is 20.7 Å². The Morgan fingerprint density at radius 2 is 1.90 bits per heavy atom. The van der Waals surface area contributed by atoms with Gasteiger partial charge >= 0.3 is 0 Å². The highest BCUT2D eigenvalue weighted by Crippen LogP contribution is 2.26. The van der Waals surface area contributed by atoms with Crippen molar-refractivity contribution < 1.29 is 4.39 Å². The Hall–Kier alpha value is -1.65. The van der Waals surface area contributed by atoms with E-state index >= 15 is 0 Å². The summed E-state index contributed by atoms with van der Waals surface area (Å²) in [4.78, 5) is 3.05. The monoisotopic (exact) mass is 306 g/mol. The molecule has 0 aliphatic heterocycles. The average molecular weight is 307 g/mol. The summed E-state index contributed by atoms with van der Waals surface area (Å²) in [6.45, 7) is 4.09. The van der Waals surface area contributed by atoms with E-state index < -0.39 is 5.82 Å². The predicted molar refractivity (Wildman–Crippen MR) is 82.9 cm³/mol. The third-order valence-corrected chi connectivity index (χ3v) is 4.05. The molecule has 1 heterocycles. The van der Waals surface area contributed by atoms with Crippen molar-refractivity contribution in [1.82, 2.24) is 9.55 Å². The fourth-order valence-electron chi connectivity index (χ4n) is 2.22. The van der Waals surface area contributed by atoms with Gasteiger partial charge in [-0.05, 0) is 55.4 Å². The SMILES string of the molecule is Cc1ccc(-n2c(=S)[nH]c3cc(Cl)c(F)cc32)cc1C. The van der Waals surface area contributed by atoms with Gasteiger partial charge in [-0.15, -0.1) is 0 Å². The van der Waals surface area contributed by atoms with Crippen LogP contribution < -0.4 is 0 Å². The van der Waals surface area contributed by atoms with Gasteiger partial charge in [-0.1, -0.05) is 17.7 Å². The molecule has 5 heteroatoms. The first-order valence-corrected chi connectivity index (χ1v) is 6.93. The average Bonchev–Trinajstić information content (AvgIpc) is 2.69. The number of nitrogens with zero attached hydrogens (tertiary/aromatic N) is 1. The molecule has 0 aliphatic rings. The lowest BCUT2D eigenvalue weighted by Gasteiger charge is -2.08. The van der Waals surface area contributed by atoms with E-state index in [9.17, 15) is 4.39 Å². The standard InChI is InChI=1S/C15H12ClFN2S/c1-8-3-4-10(5-9(8)2)19-14-7-12(17)11(16)6-13(14)18-15(19)20/h3-7H,1-2H3,(H,18,20). The van der Waals surface area contributed by atoms with Gasteiger partial charge in [-0.25, -0.2) is 4.39 Å². The minimum absolute atomic E-state index is 0.0842. The number of nitrogens with one attached hydrogen (secondary N) is 1. The van der Waals surface area contributed by atoms with Gasteiger partial charge in [0.1, 0.15) is 5.82 Å². The molecular weight excluding hydrogens is 295 g/mol. The predicted octanol–water partition coefficient (Wildman–Crippen LogP) is 5.10. The second-order valence-electron chi connectivity index (χ2n) is 4.82. The van der Waals surface area contributed by atoms with Crippen LogP contribution in [0.4, 0.5) is 4.39 Å². The van der Waals surface area contributed by atoms with E-state index in [0.29, 0.717) is 10.3 Å². The van der Waals surface area contributed by atoms with Crippen molar-refractivity contribution in [3.8, 4) is 5.69 Å². The minimum Gasteiger partial charge on any atom is -0.330 e. The number of halogens is 2. The molecule has 0 amide bonds. The number of benzene rings is 2. The van der Waals surface area contributed by atoms with Gasteiger partial charge in [0.05, 0.1) is 16.1 Å². The van der Waals surface area contributed by atoms with Gasteiger partial charge in [-0.2, -0.15) is 0 Å². The first-order valence-electron chi connectivity index (χ1n) is 6.15. The van der Waals surface area contributed by atoms with Crippen LogP contribution in [-0.2, 0) is 0 Å². The van der Waals surface area contributed by atoms with Crippen molar-refractivity contribution in [3.05, 3.63) is 57.1 Å². The zero-order valence-electron chi connectivity index (χ0n) is 11.0. The van der Waals surface area contributed by atoms with Crippen LogP contribution >= 0.6 is 23.8 Å². The molecule has 20 heavy (non-hydrogen) atoms. The Morgan fingerprint density at radius 1 is 1.15 bits per heavy atom. The summed E-state index contributed by atoms with van der Waals surface area (Å²) in [5.74, 6) is -0.453.